The molecular weight excluding hydrogens is 386 g/mol. The fourth-order valence-electron chi connectivity index (χ4n) is 3.74. The second kappa shape index (κ2) is 8.69. The van der Waals surface area contributed by atoms with Gasteiger partial charge in [0.25, 0.3) is 5.91 Å². The third-order valence-corrected chi connectivity index (χ3v) is 5.50. The summed E-state index contributed by atoms with van der Waals surface area (Å²) in [6.45, 7) is 4.36. The zero-order valence-corrected chi connectivity index (χ0v) is 17.3. The summed E-state index contributed by atoms with van der Waals surface area (Å²) >= 11 is 5.30. The molecule has 1 atom stereocenters. The molecule has 0 spiro atoms. The summed E-state index contributed by atoms with van der Waals surface area (Å²) in [4.78, 5) is 14.9. The first-order chi connectivity index (χ1) is 14.1. The molecule has 2 aromatic carbocycles. The van der Waals surface area contributed by atoms with E-state index in [-0.39, 0.29) is 11.0 Å². The summed E-state index contributed by atoms with van der Waals surface area (Å²) in [6.07, 6.45) is 3.77. The number of fused-ring (bicyclic) bond motifs is 1. The SMILES string of the molecule is CC1CCCCN1c1ccc(NC(=S)NC(=O)c2ccc3c(c2)OCCO3)cc1. The summed E-state index contributed by atoms with van der Waals surface area (Å²) in [5.74, 6) is 0.931. The van der Waals surface area contributed by atoms with Crippen LogP contribution < -0.4 is 25.0 Å². The monoisotopic (exact) mass is 411 g/mol. The molecule has 1 fully saturated rings. The van der Waals surface area contributed by atoms with E-state index < -0.39 is 0 Å². The largest absolute Gasteiger partial charge is 0.486 e. The number of thiocarbonyl (C=S) groups is 1. The molecule has 1 unspecified atom stereocenters. The quantitative estimate of drug-likeness (QED) is 0.746. The molecule has 0 saturated carbocycles. The molecule has 2 aliphatic rings. The fourth-order valence-corrected chi connectivity index (χ4v) is 3.95. The van der Waals surface area contributed by atoms with E-state index in [0.717, 1.165) is 12.2 Å². The number of carbonyl (C=O) groups is 1. The zero-order valence-electron chi connectivity index (χ0n) is 16.4. The van der Waals surface area contributed by atoms with Crippen molar-refractivity contribution < 1.29 is 14.3 Å². The van der Waals surface area contributed by atoms with Crippen molar-refractivity contribution in [2.24, 2.45) is 0 Å². The van der Waals surface area contributed by atoms with Crippen LogP contribution in [0.4, 0.5) is 11.4 Å². The van der Waals surface area contributed by atoms with Gasteiger partial charge >= 0.3 is 0 Å². The van der Waals surface area contributed by atoms with Crippen molar-refractivity contribution in [2.75, 3.05) is 30.0 Å². The highest BCUT2D eigenvalue weighted by Gasteiger charge is 2.19. The van der Waals surface area contributed by atoms with Crippen LogP contribution in [0.25, 0.3) is 0 Å². The number of benzene rings is 2. The van der Waals surface area contributed by atoms with E-state index in [1.807, 2.05) is 12.1 Å². The minimum absolute atomic E-state index is 0.254. The molecule has 2 N–H and O–H groups in total. The van der Waals surface area contributed by atoms with Gasteiger partial charge in [-0.1, -0.05) is 0 Å². The Balaban J connectivity index is 1.35. The highest BCUT2D eigenvalue weighted by atomic mass is 32.1. The van der Waals surface area contributed by atoms with Gasteiger partial charge in [-0.3, -0.25) is 10.1 Å². The maximum absolute atomic E-state index is 12.5. The number of anilines is 2. The van der Waals surface area contributed by atoms with Crippen molar-refractivity contribution in [2.45, 2.75) is 32.2 Å². The Morgan fingerprint density at radius 2 is 1.83 bits per heavy atom. The summed E-state index contributed by atoms with van der Waals surface area (Å²) in [5, 5.41) is 6.04. The molecule has 7 heteroatoms. The van der Waals surface area contributed by atoms with Crippen LogP contribution in [-0.2, 0) is 0 Å². The number of nitrogens with one attached hydrogen (secondary N) is 2. The highest BCUT2D eigenvalue weighted by molar-refractivity contribution is 7.80. The predicted octanol–water partition coefficient (Wildman–Crippen LogP) is 3.96. The lowest BCUT2D eigenvalue weighted by atomic mass is 10.0. The van der Waals surface area contributed by atoms with Crippen molar-refractivity contribution in [1.82, 2.24) is 5.32 Å². The number of hydrogen-bond donors (Lipinski definition) is 2. The Morgan fingerprint density at radius 3 is 2.59 bits per heavy atom. The van der Waals surface area contributed by atoms with Gasteiger partial charge in [0.05, 0.1) is 0 Å². The van der Waals surface area contributed by atoms with Crippen molar-refractivity contribution in [1.29, 1.82) is 0 Å². The van der Waals surface area contributed by atoms with Crippen LogP contribution in [0.3, 0.4) is 0 Å². The highest BCUT2D eigenvalue weighted by Crippen LogP contribution is 2.30. The Hall–Kier alpha value is -2.80. The zero-order chi connectivity index (χ0) is 20.2. The maximum Gasteiger partial charge on any atom is 0.257 e. The van der Waals surface area contributed by atoms with Crippen LogP contribution in [0.2, 0.25) is 0 Å². The summed E-state index contributed by atoms with van der Waals surface area (Å²) in [6, 6.07) is 13.8. The average Bonchev–Trinajstić information content (AvgIpc) is 2.74. The molecule has 2 heterocycles. The molecule has 152 valence electrons. The number of rotatable bonds is 3. The van der Waals surface area contributed by atoms with Gasteiger partial charge in [0, 0.05) is 29.5 Å². The maximum atomic E-state index is 12.5. The predicted molar refractivity (Wildman–Crippen MR) is 118 cm³/mol. The molecule has 0 aromatic heterocycles. The number of nitrogens with zero attached hydrogens (tertiary/aromatic N) is 1. The van der Waals surface area contributed by atoms with Gasteiger partial charge in [-0.25, -0.2) is 0 Å². The molecule has 2 aliphatic heterocycles. The van der Waals surface area contributed by atoms with E-state index in [0.29, 0.717) is 36.3 Å². The molecule has 4 rings (SSSR count). The number of ether oxygens (including phenoxy) is 2. The Bertz CT molecular complexity index is 901. The lowest BCUT2D eigenvalue weighted by Crippen LogP contribution is -2.37. The average molecular weight is 412 g/mol. The van der Waals surface area contributed by atoms with Gasteiger partial charge in [-0.05, 0) is 80.9 Å². The van der Waals surface area contributed by atoms with Crippen molar-refractivity contribution in [3.8, 4) is 11.5 Å². The molecule has 2 aromatic rings. The Kier molecular flexibility index (Phi) is 5.85. The first-order valence-electron chi connectivity index (χ1n) is 9.99. The number of piperidine rings is 1. The molecule has 1 saturated heterocycles. The first-order valence-corrected chi connectivity index (χ1v) is 10.4. The van der Waals surface area contributed by atoms with Gasteiger partial charge in [0.2, 0.25) is 0 Å². The van der Waals surface area contributed by atoms with Crippen LogP contribution in [0.5, 0.6) is 11.5 Å². The second-order valence-electron chi connectivity index (χ2n) is 7.35. The smallest absolute Gasteiger partial charge is 0.257 e. The molecular formula is C22H25N3O3S. The standard InChI is InChI=1S/C22H25N3O3S/c1-15-4-2-3-11-25(15)18-8-6-17(7-9-18)23-22(29)24-21(26)16-5-10-19-20(14-16)28-13-12-27-19/h5-10,14-15H,2-4,11-13H2,1H3,(H2,23,24,26,29). The Labute approximate surface area is 176 Å². The van der Waals surface area contributed by atoms with Gasteiger partial charge < -0.3 is 19.7 Å². The topological polar surface area (TPSA) is 62.8 Å². The second-order valence-corrected chi connectivity index (χ2v) is 7.76. The lowest BCUT2D eigenvalue weighted by molar-refractivity contribution is 0.0976. The van der Waals surface area contributed by atoms with Gasteiger partial charge in [-0.15, -0.1) is 0 Å². The van der Waals surface area contributed by atoms with Crippen LogP contribution in [0.15, 0.2) is 42.5 Å². The van der Waals surface area contributed by atoms with Gasteiger partial charge in [0.15, 0.2) is 16.6 Å². The minimum Gasteiger partial charge on any atom is -0.486 e. The molecule has 0 radical (unpaired) electrons. The van der Waals surface area contributed by atoms with Crippen LogP contribution in [-0.4, -0.2) is 36.8 Å². The summed E-state index contributed by atoms with van der Waals surface area (Å²) in [7, 11) is 0. The normalized spacial score (nSPS) is 18.1. The van der Waals surface area contributed by atoms with E-state index in [4.69, 9.17) is 21.7 Å². The first kappa shape index (κ1) is 19.5. The number of carbonyl (C=O) groups excluding carboxylic acids is 1. The van der Waals surface area contributed by atoms with E-state index in [1.165, 1.54) is 24.9 Å². The third-order valence-electron chi connectivity index (χ3n) is 5.29. The third kappa shape index (κ3) is 4.62. The van der Waals surface area contributed by atoms with Gasteiger partial charge in [-0.2, -0.15) is 0 Å². The molecule has 6 nitrogen and oxygen atoms in total. The molecule has 0 aliphatic carbocycles. The summed E-state index contributed by atoms with van der Waals surface area (Å²) in [5.41, 5.74) is 2.52. The Morgan fingerprint density at radius 1 is 1.07 bits per heavy atom. The van der Waals surface area contributed by atoms with Crippen molar-refractivity contribution in [3.63, 3.8) is 0 Å². The van der Waals surface area contributed by atoms with Crippen molar-refractivity contribution in [3.05, 3.63) is 48.0 Å². The van der Waals surface area contributed by atoms with E-state index in [1.54, 1.807) is 18.2 Å². The number of amides is 1. The minimum atomic E-state index is -0.293. The lowest BCUT2D eigenvalue weighted by Gasteiger charge is -2.35. The van der Waals surface area contributed by atoms with Crippen LogP contribution in [0.1, 0.15) is 36.5 Å². The van der Waals surface area contributed by atoms with Gasteiger partial charge in [0.1, 0.15) is 13.2 Å². The summed E-state index contributed by atoms with van der Waals surface area (Å²) < 4.78 is 11.0. The van der Waals surface area contributed by atoms with Crippen LogP contribution in [0, 0.1) is 0 Å². The van der Waals surface area contributed by atoms with Crippen molar-refractivity contribution >= 4 is 34.6 Å². The number of hydrogen-bond acceptors (Lipinski definition) is 5. The fraction of sp³-hybridized carbons (Fsp3) is 0.364. The van der Waals surface area contributed by atoms with Crippen LogP contribution >= 0.6 is 12.2 Å². The molecule has 0 bridgehead atoms. The van der Waals surface area contributed by atoms with E-state index in [2.05, 4.69) is 34.6 Å². The molecule has 29 heavy (non-hydrogen) atoms. The van der Waals surface area contributed by atoms with E-state index >= 15 is 0 Å². The van der Waals surface area contributed by atoms with E-state index in [9.17, 15) is 4.79 Å². The molecule has 1 amide bonds.